The number of nitrogens with two attached hydrogens (primary N) is 1. The summed E-state index contributed by atoms with van der Waals surface area (Å²) >= 11 is 6.24. The van der Waals surface area contributed by atoms with Gasteiger partial charge in [0.25, 0.3) is 0 Å². The number of hydrogen-bond donors (Lipinski definition) is 5. The summed E-state index contributed by atoms with van der Waals surface area (Å²) in [6.45, 7) is -0.238. The number of rotatable bonds is 4. The third-order valence-corrected chi connectivity index (χ3v) is 5.35. The summed E-state index contributed by atoms with van der Waals surface area (Å²) in [6, 6.07) is 0. The highest BCUT2D eigenvalue weighted by molar-refractivity contribution is 6.31. The van der Waals surface area contributed by atoms with Gasteiger partial charge in [0.15, 0.2) is 22.9 Å². The Bertz CT molecular complexity index is 897. The number of allylic oxidation sites excluding steroid dienone is 2. The highest BCUT2D eigenvalue weighted by Gasteiger charge is 2.47. The molecular weight excluding hydrogens is 398 g/mol. The highest BCUT2D eigenvalue weighted by Crippen LogP contribution is 2.36. The Morgan fingerprint density at radius 1 is 1.45 bits per heavy atom. The molecule has 0 spiro atoms. The molecule has 1 aliphatic heterocycles. The van der Waals surface area contributed by atoms with Crippen LogP contribution in [-0.4, -0.2) is 69.0 Å². The molecule has 1 aromatic heterocycles. The van der Waals surface area contributed by atoms with Gasteiger partial charge in [-0.2, -0.15) is 9.97 Å². The number of nitrogen functional groups attached to an aromatic ring is 1. The fraction of sp³-hybridized carbons (Fsp3) is 0.474. The van der Waals surface area contributed by atoms with E-state index in [0.717, 1.165) is 0 Å². The predicted molar refractivity (Wildman–Crippen MR) is 109 cm³/mol. The van der Waals surface area contributed by atoms with Gasteiger partial charge in [0.1, 0.15) is 11.7 Å². The first-order chi connectivity index (χ1) is 13.8. The van der Waals surface area contributed by atoms with Crippen molar-refractivity contribution in [2.45, 2.75) is 30.9 Å². The first-order valence-corrected chi connectivity index (χ1v) is 9.44. The third-order valence-electron chi connectivity index (χ3n) is 5.07. The van der Waals surface area contributed by atoms with Crippen LogP contribution in [0.15, 0.2) is 23.9 Å². The second-order valence-corrected chi connectivity index (χ2v) is 7.40. The van der Waals surface area contributed by atoms with Crippen molar-refractivity contribution >= 4 is 23.4 Å². The first-order valence-electron chi connectivity index (χ1n) is 9.06. The third kappa shape index (κ3) is 4.32. The number of aliphatic hydroxyl groups is 3. The van der Waals surface area contributed by atoms with E-state index in [4.69, 9.17) is 22.1 Å². The minimum absolute atomic E-state index is 0.0107. The Morgan fingerprint density at radius 3 is 2.86 bits per heavy atom. The van der Waals surface area contributed by atoms with Crippen LogP contribution in [0.25, 0.3) is 0 Å². The number of hydrogen-bond acceptors (Lipinski definition) is 9. The molecule has 0 radical (unpaired) electrons. The first kappa shape index (κ1) is 21.4. The number of methoxy groups -OCH3 is 1. The summed E-state index contributed by atoms with van der Waals surface area (Å²) in [5.41, 5.74) is 4.93. The van der Waals surface area contributed by atoms with E-state index in [-0.39, 0.29) is 41.7 Å². The van der Waals surface area contributed by atoms with Crippen molar-refractivity contribution in [3.05, 3.63) is 34.6 Å². The molecule has 1 saturated carbocycles. The maximum atomic E-state index is 10.8. The zero-order valence-electron chi connectivity index (χ0n) is 16.1. The van der Waals surface area contributed by atoms with Crippen LogP contribution in [0.1, 0.15) is 18.4 Å². The molecule has 0 aromatic carbocycles. The van der Waals surface area contributed by atoms with Gasteiger partial charge in [-0.05, 0) is 25.0 Å². The van der Waals surface area contributed by atoms with Crippen molar-refractivity contribution in [1.82, 2.24) is 14.9 Å². The number of nitrogens with one attached hydrogen (secondary N) is 1. The molecule has 4 atom stereocenters. The monoisotopic (exact) mass is 421 g/mol. The van der Waals surface area contributed by atoms with E-state index in [1.165, 1.54) is 0 Å². The largest absolute Gasteiger partial charge is 0.396 e. The maximum Gasteiger partial charge on any atom is 0.223 e. The zero-order valence-corrected chi connectivity index (χ0v) is 16.9. The van der Waals surface area contributed by atoms with Crippen molar-refractivity contribution in [2.75, 3.05) is 31.8 Å². The average molecular weight is 422 g/mol. The molecule has 3 rings (SSSR count). The lowest BCUT2D eigenvalue weighted by Gasteiger charge is -2.30. The van der Waals surface area contributed by atoms with Gasteiger partial charge in [-0.1, -0.05) is 23.4 Å². The van der Waals surface area contributed by atoms with Crippen LogP contribution in [0.3, 0.4) is 0 Å². The van der Waals surface area contributed by atoms with Crippen LogP contribution >= 0.6 is 11.6 Å². The second-order valence-electron chi connectivity index (χ2n) is 7.04. The molecule has 0 saturated heterocycles. The highest BCUT2D eigenvalue weighted by atomic mass is 35.5. The Kier molecular flexibility index (Phi) is 6.31. The van der Waals surface area contributed by atoms with Crippen molar-refractivity contribution in [3.63, 3.8) is 0 Å². The van der Waals surface area contributed by atoms with E-state index in [1.54, 1.807) is 7.11 Å². The molecule has 2 aliphatic rings. The lowest BCUT2D eigenvalue weighted by molar-refractivity contribution is -0.0545. The normalized spacial score (nSPS) is 28.7. The van der Waals surface area contributed by atoms with Gasteiger partial charge in [0, 0.05) is 32.9 Å². The summed E-state index contributed by atoms with van der Waals surface area (Å²) in [5, 5.41) is 33.4. The smallest absolute Gasteiger partial charge is 0.223 e. The Labute approximate surface area is 173 Å². The number of nitrogens with zero attached hydrogens (tertiary/aromatic N) is 3. The van der Waals surface area contributed by atoms with Gasteiger partial charge < -0.3 is 36.0 Å². The van der Waals surface area contributed by atoms with Crippen molar-refractivity contribution in [2.24, 2.45) is 5.92 Å². The summed E-state index contributed by atoms with van der Waals surface area (Å²) < 4.78 is 5.45. The van der Waals surface area contributed by atoms with Gasteiger partial charge in [-0.15, -0.1) is 0 Å². The molecule has 9 nitrogen and oxygen atoms in total. The predicted octanol–water partition coefficient (Wildman–Crippen LogP) is 0.285. The standard InChI is InChI=1S/C19H24ClN5O4/c1-25-9-3-4-11(17(25)29-2)5-6-13-15(20)22-18(21)23-16(13)24-19(28)8-7-12(10-26)14(19)27/h3-4,9,12,14,17,26-28H,7-8,10H2,1-2H3,(H3,21,22,23,24). The second kappa shape index (κ2) is 8.57. The number of ether oxygens (including phenoxy) is 1. The van der Waals surface area contributed by atoms with E-state index < -0.39 is 17.7 Å². The fourth-order valence-corrected chi connectivity index (χ4v) is 3.70. The molecule has 10 heteroatoms. The number of aromatic nitrogens is 2. The van der Waals surface area contributed by atoms with Crippen LogP contribution in [0, 0.1) is 17.8 Å². The molecule has 29 heavy (non-hydrogen) atoms. The molecule has 156 valence electrons. The molecule has 2 heterocycles. The van der Waals surface area contributed by atoms with E-state index in [2.05, 4.69) is 27.1 Å². The lowest BCUT2D eigenvalue weighted by atomic mass is 10.0. The van der Waals surface area contributed by atoms with Crippen molar-refractivity contribution in [3.8, 4) is 11.8 Å². The van der Waals surface area contributed by atoms with Gasteiger partial charge >= 0.3 is 0 Å². The van der Waals surface area contributed by atoms with Crippen LogP contribution < -0.4 is 11.1 Å². The van der Waals surface area contributed by atoms with Crippen molar-refractivity contribution in [1.29, 1.82) is 0 Å². The molecule has 0 bridgehead atoms. The van der Waals surface area contributed by atoms with E-state index in [0.29, 0.717) is 12.0 Å². The van der Waals surface area contributed by atoms with Gasteiger partial charge in [-0.3, -0.25) is 0 Å². The van der Waals surface area contributed by atoms with Crippen LogP contribution in [0.2, 0.25) is 5.15 Å². The van der Waals surface area contributed by atoms with Crippen LogP contribution in [0.4, 0.5) is 11.8 Å². The average Bonchev–Trinajstić information content (AvgIpc) is 2.95. The van der Waals surface area contributed by atoms with Crippen molar-refractivity contribution < 1.29 is 20.1 Å². The maximum absolute atomic E-state index is 10.8. The van der Waals surface area contributed by atoms with Crippen LogP contribution in [0.5, 0.6) is 0 Å². The van der Waals surface area contributed by atoms with Gasteiger partial charge in [-0.25, -0.2) is 0 Å². The van der Waals surface area contributed by atoms with Gasteiger partial charge in [0.05, 0.1) is 5.57 Å². The SMILES string of the molecule is COC1C(C#Cc2c(Cl)nc(N)nc2NC2(O)CCC(CO)C2O)=CC=CN1C. The topological polar surface area (TPSA) is 137 Å². The minimum atomic E-state index is -1.70. The number of likely N-dealkylation sites (N-methyl/N-ethyl adjacent to an activating group) is 1. The van der Waals surface area contributed by atoms with Gasteiger partial charge in [0.2, 0.25) is 5.95 Å². The lowest BCUT2D eigenvalue weighted by Crippen LogP contribution is -2.48. The summed E-state index contributed by atoms with van der Waals surface area (Å²) in [5.74, 6) is 5.47. The molecule has 1 aliphatic carbocycles. The molecular formula is C19H24ClN5O4. The van der Waals surface area contributed by atoms with E-state index in [9.17, 15) is 15.3 Å². The summed E-state index contributed by atoms with van der Waals surface area (Å²) in [4.78, 5) is 9.89. The molecule has 0 amide bonds. The molecule has 1 aromatic rings. The van der Waals surface area contributed by atoms with E-state index in [1.807, 2.05) is 30.3 Å². The molecule has 4 unspecified atom stereocenters. The number of anilines is 2. The Morgan fingerprint density at radius 2 is 2.21 bits per heavy atom. The Balaban J connectivity index is 1.96. The van der Waals surface area contributed by atoms with E-state index >= 15 is 0 Å². The summed E-state index contributed by atoms with van der Waals surface area (Å²) in [6.07, 6.45) is 4.62. The van der Waals surface area contributed by atoms with Crippen LogP contribution in [-0.2, 0) is 4.74 Å². The minimum Gasteiger partial charge on any atom is -0.396 e. The number of aliphatic hydroxyl groups excluding tert-OH is 2. The molecule has 1 fully saturated rings. The number of halogens is 1. The summed E-state index contributed by atoms with van der Waals surface area (Å²) in [7, 11) is 3.44. The Hall–Kier alpha value is -2.35. The molecule has 6 N–H and O–H groups in total. The zero-order chi connectivity index (χ0) is 21.2. The quantitative estimate of drug-likeness (QED) is 0.264. The fourth-order valence-electron chi connectivity index (χ4n) is 3.48.